The number of aromatic nitrogens is 2. The highest BCUT2D eigenvalue weighted by molar-refractivity contribution is 6.30. The third kappa shape index (κ3) is 5.17. The number of amides is 2. The van der Waals surface area contributed by atoms with E-state index in [2.05, 4.69) is 20.2 Å². The first-order chi connectivity index (χ1) is 13.0. The van der Waals surface area contributed by atoms with Gasteiger partial charge in [0, 0.05) is 44.7 Å². The summed E-state index contributed by atoms with van der Waals surface area (Å²) in [4.78, 5) is 36.1. The average Bonchev–Trinajstić information content (AvgIpc) is 2.68. The predicted octanol–water partition coefficient (Wildman–Crippen LogP) is 1.77. The molecule has 2 amide bonds. The summed E-state index contributed by atoms with van der Waals surface area (Å²) in [6.45, 7) is 4.83. The normalized spacial score (nSPS) is 14.1. The van der Waals surface area contributed by atoms with Crippen LogP contribution in [0.3, 0.4) is 0 Å². The second-order valence-electron chi connectivity index (χ2n) is 6.39. The largest absolute Gasteiger partial charge is 0.352 e. The zero-order valence-corrected chi connectivity index (χ0v) is 15.9. The fourth-order valence-electron chi connectivity index (χ4n) is 2.96. The quantitative estimate of drug-likeness (QED) is 0.845. The SMILES string of the molecule is CC(=O)N1CCN(c2cnc(C(=O)NCCc3cccc(Cl)c3)cn2)CC1. The van der Waals surface area contributed by atoms with E-state index in [1.807, 2.05) is 29.2 Å². The molecule has 1 saturated heterocycles. The third-order valence-corrected chi connectivity index (χ3v) is 4.74. The topological polar surface area (TPSA) is 78.4 Å². The first-order valence-corrected chi connectivity index (χ1v) is 9.26. The lowest BCUT2D eigenvalue weighted by molar-refractivity contribution is -0.129. The zero-order chi connectivity index (χ0) is 19.2. The van der Waals surface area contributed by atoms with Crippen molar-refractivity contribution >= 4 is 29.2 Å². The molecule has 0 aliphatic carbocycles. The van der Waals surface area contributed by atoms with Gasteiger partial charge >= 0.3 is 0 Å². The van der Waals surface area contributed by atoms with Crippen molar-refractivity contribution < 1.29 is 9.59 Å². The standard InChI is InChI=1S/C19H22ClN5O2/c1-14(26)24-7-9-25(10-8-24)18-13-22-17(12-23-18)19(27)21-6-5-15-3-2-4-16(20)11-15/h2-4,11-13H,5-10H2,1H3,(H,21,27). The summed E-state index contributed by atoms with van der Waals surface area (Å²) < 4.78 is 0. The summed E-state index contributed by atoms with van der Waals surface area (Å²) in [7, 11) is 0. The summed E-state index contributed by atoms with van der Waals surface area (Å²) in [5.74, 6) is 0.552. The first kappa shape index (κ1) is 19.1. The van der Waals surface area contributed by atoms with Crippen molar-refractivity contribution in [2.75, 3.05) is 37.6 Å². The van der Waals surface area contributed by atoms with Crippen LogP contribution in [0.5, 0.6) is 0 Å². The molecule has 0 atom stereocenters. The molecular formula is C19H22ClN5O2. The summed E-state index contributed by atoms with van der Waals surface area (Å²) in [6, 6.07) is 7.56. The lowest BCUT2D eigenvalue weighted by Gasteiger charge is -2.34. The number of piperazine rings is 1. The number of halogens is 1. The van der Waals surface area contributed by atoms with Crippen LogP contribution in [-0.2, 0) is 11.2 Å². The van der Waals surface area contributed by atoms with Crippen LogP contribution >= 0.6 is 11.6 Å². The van der Waals surface area contributed by atoms with E-state index in [1.165, 1.54) is 6.20 Å². The van der Waals surface area contributed by atoms with E-state index in [1.54, 1.807) is 13.1 Å². The Bertz CT molecular complexity index is 804. The first-order valence-electron chi connectivity index (χ1n) is 8.88. The number of carbonyl (C=O) groups excluding carboxylic acids is 2. The Kier molecular flexibility index (Phi) is 6.24. The van der Waals surface area contributed by atoms with E-state index in [9.17, 15) is 9.59 Å². The Morgan fingerprint density at radius 3 is 2.56 bits per heavy atom. The van der Waals surface area contributed by atoms with Gasteiger partial charge < -0.3 is 15.1 Å². The average molecular weight is 388 g/mol. The van der Waals surface area contributed by atoms with Gasteiger partial charge in [-0.15, -0.1) is 0 Å². The lowest BCUT2D eigenvalue weighted by atomic mass is 10.1. The van der Waals surface area contributed by atoms with Crippen LogP contribution in [0.15, 0.2) is 36.7 Å². The number of benzene rings is 1. The highest BCUT2D eigenvalue weighted by atomic mass is 35.5. The molecule has 1 aliphatic heterocycles. The van der Waals surface area contributed by atoms with Gasteiger partial charge in [0.1, 0.15) is 11.5 Å². The number of hydrogen-bond donors (Lipinski definition) is 1. The highest BCUT2D eigenvalue weighted by Gasteiger charge is 2.20. The van der Waals surface area contributed by atoms with Crippen molar-refractivity contribution in [3.05, 3.63) is 52.9 Å². The van der Waals surface area contributed by atoms with Crippen LogP contribution in [0.1, 0.15) is 23.0 Å². The van der Waals surface area contributed by atoms with Gasteiger partial charge in [-0.3, -0.25) is 9.59 Å². The van der Waals surface area contributed by atoms with E-state index in [-0.39, 0.29) is 17.5 Å². The number of nitrogens with zero attached hydrogens (tertiary/aromatic N) is 4. The van der Waals surface area contributed by atoms with Gasteiger partial charge in [-0.25, -0.2) is 9.97 Å². The maximum absolute atomic E-state index is 12.2. The summed E-state index contributed by atoms with van der Waals surface area (Å²) in [6.07, 6.45) is 3.79. The molecule has 1 N–H and O–H groups in total. The van der Waals surface area contributed by atoms with Crippen LogP contribution < -0.4 is 10.2 Å². The number of rotatable bonds is 5. The molecule has 0 saturated carbocycles. The van der Waals surface area contributed by atoms with Gasteiger partial charge in [0.05, 0.1) is 12.4 Å². The second-order valence-corrected chi connectivity index (χ2v) is 6.83. The highest BCUT2D eigenvalue weighted by Crippen LogP contribution is 2.13. The van der Waals surface area contributed by atoms with E-state index in [0.29, 0.717) is 50.0 Å². The molecule has 1 aliphatic rings. The number of carbonyl (C=O) groups is 2. The molecule has 142 valence electrons. The van der Waals surface area contributed by atoms with Gasteiger partial charge in [-0.1, -0.05) is 23.7 Å². The maximum atomic E-state index is 12.2. The minimum absolute atomic E-state index is 0.0885. The minimum atomic E-state index is -0.252. The Morgan fingerprint density at radius 1 is 1.15 bits per heavy atom. The van der Waals surface area contributed by atoms with Crippen LogP contribution in [0, 0.1) is 0 Å². The molecule has 3 rings (SSSR count). The number of anilines is 1. The minimum Gasteiger partial charge on any atom is -0.352 e. The monoisotopic (exact) mass is 387 g/mol. The molecule has 0 radical (unpaired) electrons. The smallest absolute Gasteiger partial charge is 0.271 e. The number of hydrogen-bond acceptors (Lipinski definition) is 5. The van der Waals surface area contributed by atoms with Gasteiger partial charge in [-0.2, -0.15) is 0 Å². The van der Waals surface area contributed by atoms with E-state index >= 15 is 0 Å². The molecule has 8 heteroatoms. The van der Waals surface area contributed by atoms with E-state index < -0.39 is 0 Å². The second kappa shape index (κ2) is 8.81. The van der Waals surface area contributed by atoms with Gasteiger partial charge in [-0.05, 0) is 24.1 Å². The summed E-state index contributed by atoms with van der Waals surface area (Å²) in [5, 5.41) is 3.53. The molecule has 7 nitrogen and oxygen atoms in total. The van der Waals surface area contributed by atoms with Crippen molar-refractivity contribution in [2.45, 2.75) is 13.3 Å². The Hall–Kier alpha value is -2.67. The van der Waals surface area contributed by atoms with Gasteiger partial charge in [0.15, 0.2) is 0 Å². The van der Waals surface area contributed by atoms with Crippen molar-refractivity contribution in [3.8, 4) is 0 Å². The lowest BCUT2D eigenvalue weighted by Crippen LogP contribution is -2.48. The van der Waals surface area contributed by atoms with Crippen LogP contribution in [-0.4, -0.2) is 59.4 Å². The van der Waals surface area contributed by atoms with E-state index in [4.69, 9.17) is 11.6 Å². The van der Waals surface area contributed by atoms with Crippen molar-refractivity contribution in [3.63, 3.8) is 0 Å². The molecule has 2 aromatic rings. The molecular weight excluding hydrogens is 366 g/mol. The molecule has 27 heavy (non-hydrogen) atoms. The Labute approximate surface area is 163 Å². The molecule has 0 unspecified atom stereocenters. The predicted molar refractivity (Wildman–Crippen MR) is 104 cm³/mol. The third-order valence-electron chi connectivity index (χ3n) is 4.51. The molecule has 0 spiro atoms. The van der Waals surface area contributed by atoms with Crippen molar-refractivity contribution in [2.24, 2.45) is 0 Å². The molecule has 0 bridgehead atoms. The molecule has 1 aromatic heterocycles. The summed E-state index contributed by atoms with van der Waals surface area (Å²) in [5.41, 5.74) is 1.35. The number of nitrogens with one attached hydrogen (secondary N) is 1. The molecule has 2 heterocycles. The Balaban J connectivity index is 1.49. The van der Waals surface area contributed by atoms with Crippen LogP contribution in [0.2, 0.25) is 5.02 Å². The fourth-order valence-corrected chi connectivity index (χ4v) is 3.17. The molecule has 1 aromatic carbocycles. The van der Waals surface area contributed by atoms with Crippen LogP contribution in [0.25, 0.3) is 0 Å². The van der Waals surface area contributed by atoms with Crippen LogP contribution in [0.4, 0.5) is 5.82 Å². The summed E-state index contributed by atoms with van der Waals surface area (Å²) >= 11 is 5.96. The van der Waals surface area contributed by atoms with Crippen molar-refractivity contribution in [1.29, 1.82) is 0 Å². The maximum Gasteiger partial charge on any atom is 0.271 e. The fraction of sp³-hybridized carbons (Fsp3) is 0.368. The molecule has 1 fully saturated rings. The van der Waals surface area contributed by atoms with Gasteiger partial charge in [0.2, 0.25) is 5.91 Å². The van der Waals surface area contributed by atoms with Gasteiger partial charge in [0.25, 0.3) is 5.91 Å². The van der Waals surface area contributed by atoms with E-state index in [0.717, 1.165) is 5.56 Å². The van der Waals surface area contributed by atoms with Crippen molar-refractivity contribution in [1.82, 2.24) is 20.2 Å². The zero-order valence-electron chi connectivity index (χ0n) is 15.2. The Morgan fingerprint density at radius 2 is 1.93 bits per heavy atom.